The number of hydrogen-bond acceptors (Lipinski definition) is 4. The van der Waals surface area contributed by atoms with Crippen molar-refractivity contribution in [3.05, 3.63) is 42.7 Å². The van der Waals surface area contributed by atoms with Crippen molar-refractivity contribution in [2.75, 3.05) is 19.8 Å². The van der Waals surface area contributed by atoms with E-state index in [4.69, 9.17) is 5.73 Å². The van der Waals surface area contributed by atoms with Gasteiger partial charge in [0.25, 0.3) is 0 Å². The summed E-state index contributed by atoms with van der Waals surface area (Å²) in [5, 5.41) is 20.2. The Morgan fingerprint density at radius 1 is 1.19 bits per heavy atom. The topological polar surface area (TPSA) is 78.4 Å². The third-order valence-electron chi connectivity index (χ3n) is 3.53. The Bertz CT molecular complexity index is 807. The lowest BCUT2D eigenvalue weighted by Crippen LogP contribution is -3.06. The molecule has 3 rings (SSSR count). The largest absolute Gasteiger partial charge is 0.524 e. The summed E-state index contributed by atoms with van der Waals surface area (Å²) in [5.41, 5.74) is 6.86. The molecule has 0 aliphatic carbocycles. The molecule has 2 aromatic rings. The number of azo groups is 1. The summed E-state index contributed by atoms with van der Waals surface area (Å²) in [7, 11) is 3.90. The van der Waals surface area contributed by atoms with E-state index in [0.717, 1.165) is 21.6 Å². The van der Waals surface area contributed by atoms with Crippen molar-refractivity contribution in [3.63, 3.8) is 0 Å². The Balaban J connectivity index is 2.10. The zero-order valence-electron chi connectivity index (χ0n) is 11.9. The fourth-order valence-electron chi connectivity index (χ4n) is 2.34. The van der Waals surface area contributed by atoms with E-state index in [1.54, 1.807) is 6.07 Å². The van der Waals surface area contributed by atoms with Crippen molar-refractivity contribution in [3.8, 4) is 5.75 Å². The molecule has 1 aliphatic heterocycles. The second-order valence-electron chi connectivity index (χ2n) is 5.01. The van der Waals surface area contributed by atoms with E-state index in [1.165, 1.54) is 0 Å². The smallest absolute Gasteiger partial charge is 0.506 e. The molecule has 0 bridgehead atoms. The highest BCUT2D eigenvalue weighted by molar-refractivity contribution is 6.02. The quantitative estimate of drug-likeness (QED) is 0.318. The van der Waals surface area contributed by atoms with Crippen LogP contribution in [0.4, 0.5) is 11.4 Å². The highest BCUT2D eigenvalue weighted by atomic mass is 16.3. The number of benzene rings is 2. The number of phenols is 1. The van der Waals surface area contributed by atoms with Crippen LogP contribution in [0.15, 0.2) is 53.0 Å². The molecule has 0 saturated carbocycles. The van der Waals surface area contributed by atoms with Crippen molar-refractivity contribution in [1.82, 2.24) is 0 Å². The third kappa shape index (κ3) is 2.25. The van der Waals surface area contributed by atoms with Gasteiger partial charge in [0.05, 0.1) is 19.8 Å². The van der Waals surface area contributed by atoms with Crippen LogP contribution in [0.25, 0.3) is 10.8 Å². The number of guanidine groups is 1. The summed E-state index contributed by atoms with van der Waals surface area (Å²) in [6.45, 7) is 0. The summed E-state index contributed by atoms with van der Waals surface area (Å²) >= 11 is 0. The maximum absolute atomic E-state index is 9.93. The maximum atomic E-state index is 9.93. The Kier molecular flexibility index (Phi) is 3.15. The standard InChI is InChI=1S/C15H15N5O/c1-19-7-8-20(2)15(19)18-17-12-9-13(21)14(16)11-6-4-3-5-10(11)12/h3-9,16H,1-2H3,(H,17,21)/p+2. The number of hydrogen-bond donors (Lipinski definition) is 3. The highest BCUT2D eigenvalue weighted by Gasteiger charge is 2.26. The molecule has 1 aliphatic rings. The summed E-state index contributed by atoms with van der Waals surface area (Å²) in [6.07, 6.45) is 3.91. The summed E-state index contributed by atoms with van der Waals surface area (Å²) < 4.78 is 1.90. The second-order valence-corrected chi connectivity index (χ2v) is 5.01. The van der Waals surface area contributed by atoms with Crippen LogP contribution in [-0.2, 0) is 0 Å². The first-order valence-corrected chi connectivity index (χ1v) is 6.62. The Morgan fingerprint density at radius 3 is 2.57 bits per heavy atom. The summed E-state index contributed by atoms with van der Waals surface area (Å²) in [4.78, 5) is 1.05. The second kappa shape index (κ2) is 4.99. The van der Waals surface area contributed by atoms with Gasteiger partial charge in [0, 0.05) is 16.8 Å². The summed E-state index contributed by atoms with van der Waals surface area (Å²) in [6, 6.07) is 9.10. The van der Waals surface area contributed by atoms with E-state index in [9.17, 15) is 5.11 Å². The van der Waals surface area contributed by atoms with E-state index in [-0.39, 0.29) is 5.75 Å². The number of fused-ring (bicyclic) bond motifs is 1. The number of anilines is 1. The molecule has 1 heterocycles. The van der Waals surface area contributed by atoms with Crippen LogP contribution in [0.1, 0.15) is 0 Å². The van der Waals surface area contributed by atoms with E-state index >= 15 is 0 Å². The lowest BCUT2D eigenvalue weighted by molar-refractivity contribution is -0.735. The number of nitrogens with one attached hydrogen (secondary N) is 1. The number of nitrogen functional groups attached to an aromatic ring is 1. The normalized spacial score (nSPS) is 18.3. The van der Waals surface area contributed by atoms with Gasteiger partial charge in [-0.15, -0.1) is 0 Å². The fraction of sp³-hybridized carbons (Fsp3) is 0.133. The minimum absolute atomic E-state index is 0.0197. The van der Waals surface area contributed by atoms with Crippen LogP contribution in [0.5, 0.6) is 5.75 Å². The zero-order valence-corrected chi connectivity index (χ0v) is 11.9. The predicted octanol–water partition coefficient (Wildman–Crippen LogP) is 1.21. The first-order valence-electron chi connectivity index (χ1n) is 6.62. The number of nitrogens with zero attached hydrogens (tertiary/aromatic N) is 3. The van der Waals surface area contributed by atoms with Gasteiger partial charge in [-0.2, -0.15) is 9.48 Å². The van der Waals surface area contributed by atoms with Gasteiger partial charge < -0.3 is 10.8 Å². The van der Waals surface area contributed by atoms with Gasteiger partial charge in [-0.05, 0) is 5.11 Å². The highest BCUT2D eigenvalue weighted by Crippen LogP contribution is 2.37. The molecule has 6 nitrogen and oxygen atoms in total. The fourth-order valence-corrected chi connectivity index (χ4v) is 2.34. The molecule has 21 heavy (non-hydrogen) atoms. The Morgan fingerprint density at radius 2 is 1.90 bits per heavy atom. The van der Waals surface area contributed by atoms with Crippen molar-refractivity contribution < 1.29 is 14.6 Å². The van der Waals surface area contributed by atoms with Gasteiger partial charge in [-0.3, -0.25) is 0 Å². The number of rotatable bonds is 1. The SMILES string of the molecule is C[N+]1=C(N=Nc2cc(O)c(N)c3ccccc23)[NH+](C)C=C1. The Hall–Kier alpha value is -2.73. The minimum atomic E-state index is 0.0197. The van der Waals surface area contributed by atoms with Gasteiger partial charge in [0.15, 0.2) is 0 Å². The molecule has 1 atom stereocenters. The van der Waals surface area contributed by atoms with Gasteiger partial charge in [0.2, 0.25) is 0 Å². The van der Waals surface area contributed by atoms with Gasteiger partial charge in [-0.1, -0.05) is 24.3 Å². The first-order chi connectivity index (χ1) is 10.1. The van der Waals surface area contributed by atoms with Crippen molar-refractivity contribution in [2.45, 2.75) is 0 Å². The molecular formula is C15H17N5O+2. The number of aromatic hydroxyl groups is 1. The predicted molar refractivity (Wildman–Crippen MR) is 81.8 cm³/mol. The number of nitrogens with two attached hydrogens (primary N) is 1. The molecule has 0 fully saturated rings. The lowest BCUT2D eigenvalue weighted by atomic mass is 10.1. The van der Waals surface area contributed by atoms with Crippen LogP contribution in [0.3, 0.4) is 0 Å². The van der Waals surface area contributed by atoms with Gasteiger partial charge in [-0.25, -0.2) is 0 Å². The van der Waals surface area contributed by atoms with E-state index in [1.807, 2.05) is 55.3 Å². The third-order valence-corrected chi connectivity index (χ3v) is 3.53. The molecule has 6 heteroatoms. The molecule has 0 amide bonds. The molecule has 0 radical (unpaired) electrons. The van der Waals surface area contributed by atoms with E-state index in [0.29, 0.717) is 11.4 Å². The van der Waals surface area contributed by atoms with Crippen molar-refractivity contribution in [1.29, 1.82) is 0 Å². The Labute approximate surface area is 122 Å². The average molecular weight is 283 g/mol. The minimum Gasteiger partial charge on any atom is -0.506 e. The zero-order chi connectivity index (χ0) is 15.0. The summed E-state index contributed by atoms with van der Waals surface area (Å²) in [5.74, 6) is 0.807. The average Bonchev–Trinajstić information content (AvgIpc) is 2.81. The molecule has 106 valence electrons. The van der Waals surface area contributed by atoms with Crippen LogP contribution >= 0.6 is 0 Å². The van der Waals surface area contributed by atoms with E-state index in [2.05, 4.69) is 10.2 Å². The first kappa shape index (κ1) is 13.3. The molecule has 0 spiro atoms. The molecular weight excluding hydrogens is 266 g/mol. The van der Waals surface area contributed by atoms with Crippen LogP contribution in [-0.4, -0.2) is 29.7 Å². The molecule has 0 saturated heterocycles. The van der Waals surface area contributed by atoms with E-state index < -0.39 is 0 Å². The van der Waals surface area contributed by atoms with Gasteiger partial charge >= 0.3 is 5.96 Å². The molecule has 1 unspecified atom stereocenters. The van der Waals surface area contributed by atoms with Crippen LogP contribution in [0.2, 0.25) is 0 Å². The lowest BCUT2D eigenvalue weighted by Gasteiger charge is -2.05. The van der Waals surface area contributed by atoms with Gasteiger partial charge in [0.1, 0.15) is 29.0 Å². The molecule has 2 aromatic carbocycles. The number of quaternary nitrogens is 1. The van der Waals surface area contributed by atoms with Crippen molar-refractivity contribution >= 4 is 28.1 Å². The van der Waals surface area contributed by atoms with Crippen LogP contribution < -0.4 is 10.6 Å². The van der Waals surface area contributed by atoms with Crippen molar-refractivity contribution in [2.24, 2.45) is 10.2 Å². The molecule has 4 N–H and O–H groups in total. The number of phenolic OH excluding ortho intramolecular Hbond substituents is 1. The monoisotopic (exact) mass is 283 g/mol. The molecule has 0 aromatic heterocycles. The van der Waals surface area contributed by atoms with Crippen LogP contribution in [0, 0.1) is 0 Å². The maximum Gasteiger partial charge on any atom is 0.524 e.